The molecule has 1 heterocycles. The third-order valence-electron chi connectivity index (χ3n) is 3.25. The number of hydrogen-bond donors (Lipinski definition) is 2. The quantitative estimate of drug-likeness (QED) is 0.853. The van der Waals surface area contributed by atoms with Gasteiger partial charge in [0.1, 0.15) is 5.82 Å². The molecule has 6 heteroatoms. The van der Waals surface area contributed by atoms with E-state index in [1.165, 1.54) is 0 Å². The van der Waals surface area contributed by atoms with Gasteiger partial charge in [0.25, 0.3) is 0 Å². The molecular weight excluding hydrogens is 298 g/mol. The zero-order valence-corrected chi connectivity index (χ0v) is 13.9. The van der Waals surface area contributed by atoms with Gasteiger partial charge < -0.3 is 5.32 Å². The Kier molecular flexibility index (Phi) is 5.03. The molecule has 2 rings (SSSR count). The largest absolute Gasteiger partial charge is 0.354 e. The van der Waals surface area contributed by atoms with Crippen molar-refractivity contribution in [2.75, 3.05) is 15.8 Å². The molecule has 2 aromatic rings. The fourth-order valence-corrected chi connectivity index (χ4v) is 3.24. The van der Waals surface area contributed by atoms with E-state index >= 15 is 0 Å². The summed E-state index contributed by atoms with van der Waals surface area (Å²) < 4.78 is 25.9. The van der Waals surface area contributed by atoms with Crippen LogP contribution >= 0.6 is 0 Å². The number of nitrogens with one attached hydrogen (secondary N) is 2. The van der Waals surface area contributed by atoms with Crippen LogP contribution in [0, 0.1) is 13.8 Å². The van der Waals surface area contributed by atoms with Gasteiger partial charge in [-0.25, -0.2) is 13.4 Å². The van der Waals surface area contributed by atoms with Crippen LogP contribution in [0.3, 0.4) is 0 Å². The van der Waals surface area contributed by atoms with Crippen LogP contribution in [0.15, 0.2) is 36.5 Å². The summed E-state index contributed by atoms with van der Waals surface area (Å²) in [5, 5.41) is 3.32. The summed E-state index contributed by atoms with van der Waals surface area (Å²) >= 11 is 0. The lowest BCUT2D eigenvalue weighted by Crippen LogP contribution is -2.16. The molecule has 118 valence electrons. The van der Waals surface area contributed by atoms with Crippen molar-refractivity contribution in [3.8, 4) is 0 Å². The Morgan fingerprint density at radius 3 is 2.32 bits per heavy atom. The predicted molar refractivity (Wildman–Crippen MR) is 91.1 cm³/mol. The van der Waals surface area contributed by atoms with Gasteiger partial charge in [0.2, 0.25) is 10.0 Å². The highest BCUT2D eigenvalue weighted by Gasteiger charge is 2.09. The van der Waals surface area contributed by atoms with E-state index in [4.69, 9.17) is 0 Å². The molecule has 0 bridgehead atoms. The maximum Gasteiger partial charge on any atom is 0.233 e. The second-order valence-corrected chi connectivity index (χ2v) is 7.09. The van der Waals surface area contributed by atoms with Gasteiger partial charge in [0, 0.05) is 5.69 Å². The van der Waals surface area contributed by atoms with E-state index in [0.29, 0.717) is 12.2 Å². The van der Waals surface area contributed by atoms with Gasteiger partial charge in [-0.15, -0.1) is 0 Å². The monoisotopic (exact) mass is 319 g/mol. The lowest BCUT2D eigenvalue weighted by Gasteiger charge is -2.13. The molecule has 2 N–H and O–H groups in total. The van der Waals surface area contributed by atoms with Crippen molar-refractivity contribution < 1.29 is 8.42 Å². The van der Waals surface area contributed by atoms with Gasteiger partial charge in [0.15, 0.2) is 0 Å². The summed E-state index contributed by atoms with van der Waals surface area (Å²) in [6.45, 7) is 5.90. The third kappa shape index (κ3) is 4.21. The van der Waals surface area contributed by atoms with Crippen LogP contribution in [0.25, 0.3) is 0 Å². The van der Waals surface area contributed by atoms with Gasteiger partial charge in [-0.05, 0) is 43.5 Å². The zero-order chi connectivity index (χ0) is 16.2. The van der Waals surface area contributed by atoms with E-state index in [1.54, 1.807) is 12.3 Å². The number of anilines is 3. The highest BCUT2D eigenvalue weighted by molar-refractivity contribution is 7.92. The zero-order valence-electron chi connectivity index (χ0n) is 13.1. The van der Waals surface area contributed by atoms with Crippen LogP contribution in [0.2, 0.25) is 0 Å². The van der Waals surface area contributed by atoms with E-state index in [1.807, 2.05) is 45.0 Å². The van der Waals surface area contributed by atoms with Crippen molar-refractivity contribution in [2.45, 2.75) is 27.2 Å². The van der Waals surface area contributed by atoms with Crippen LogP contribution in [-0.2, 0) is 10.0 Å². The molecule has 0 fully saturated rings. The maximum atomic E-state index is 11.7. The smallest absolute Gasteiger partial charge is 0.233 e. The Balaban J connectivity index is 2.13. The Morgan fingerprint density at radius 1 is 1.09 bits per heavy atom. The number of pyridine rings is 1. The molecule has 0 atom stereocenters. The van der Waals surface area contributed by atoms with Gasteiger partial charge in [0.05, 0.1) is 17.6 Å². The van der Waals surface area contributed by atoms with Gasteiger partial charge >= 0.3 is 0 Å². The molecule has 1 aromatic heterocycles. The predicted octanol–water partition coefficient (Wildman–Crippen LogP) is 3.59. The summed E-state index contributed by atoms with van der Waals surface area (Å²) in [6, 6.07) is 9.55. The SMILES string of the molecule is CCCS(=O)(=O)Nc1ccc(Nc2c(C)cccc2C)cn1. The van der Waals surface area contributed by atoms with E-state index in [9.17, 15) is 8.42 Å². The first kappa shape index (κ1) is 16.3. The number of rotatable bonds is 6. The van der Waals surface area contributed by atoms with Crippen LogP contribution < -0.4 is 10.0 Å². The number of hydrogen-bond acceptors (Lipinski definition) is 4. The van der Waals surface area contributed by atoms with E-state index < -0.39 is 10.0 Å². The fraction of sp³-hybridized carbons (Fsp3) is 0.312. The Labute approximate surface area is 131 Å². The normalized spacial score (nSPS) is 11.2. The molecule has 0 aliphatic carbocycles. The average Bonchev–Trinajstić information content (AvgIpc) is 2.44. The summed E-state index contributed by atoms with van der Waals surface area (Å²) in [5.41, 5.74) is 4.15. The van der Waals surface area contributed by atoms with Crippen molar-refractivity contribution in [1.82, 2.24) is 4.98 Å². The van der Waals surface area contributed by atoms with Crippen molar-refractivity contribution in [1.29, 1.82) is 0 Å². The molecule has 22 heavy (non-hydrogen) atoms. The molecular formula is C16H21N3O2S. The average molecular weight is 319 g/mol. The second kappa shape index (κ2) is 6.79. The van der Waals surface area contributed by atoms with Crippen LogP contribution in [0.4, 0.5) is 17.2 Å². The first-order valence-corrected chi connectivity index (χ1v) is 8.86. The van der Waals surface area contributed by atoms with Crippen molar-refractivity contribution in [2.24, 2.45) is 0 Å². The molecule has 0 saturated carbocycles. The fourth-order valence-electron chi connectivity index (χ4n) is 2.16. The van der Waals surface area contributed by atoms with Crippen molar-refractivity contribution >= 4 is 27.2 Å². The van der Waals surface area contributed by atoms with Gasteiger partial charge in [-0.3, -0.25) is 4.72 Å². The molecule has 0 radical (unpaired) electrons. The number of benzene rings is 1. The van der Waals surface area contributed by atoms with Crippen molar-refractivity contribution in [3.63, 3.8) is 0 Å². The lowest BCUT2D eigenvalue weighted by atomic mass is 10.1. The highest BCUT2D eigenvalue weighted by Crippen LogP contribution is 2.24. The van der Waals surface area contributed by atoms with E-state index in [2.05, 4.69) is 15.0 Å². The molecule has 0 unspecified atom stereocenters. The number of sulfonamides is 1. The molecule has 1 aromatic carbocycles. The molecule has 0 aliphatic rings. The Morgan fingerprint density at radius 2 is 1.77 bits per heavy atom. The number of para-hydroxylation sites is 1. The Hall–Kier alpha value is -2.08. The van der Waals surface area contributed by atoms with E-state index in [0.717, 1.165) is 22.5 Å². The minimum absolute atomic E-state index is 0.0943. The maximum absolute atomic E-state index is 11.7. The number of aromatic nitrogens is 1. The van der Waals surface area contributed by atoms with E-state index in [-0.39, 0.29) is 5.75 Å². The first-order valence-electron chi connectivity index (χ1n) is 7.21. The summed E-state index contributed by atoms with van der Waals surface area (Å²) in [5.74, 6) is 0.428. The van der Waals surface area contributed by atoms with Crippen LogP contribution in [0.1, 0.15) is 24.5 Å². The summed E-state index contributed by atoms with van der Waals surface area (Å²) in [6.07, 6.45) is 2.19. The molecule has 0 saturated heterocycles. The minimum atomic E-state index is -3.30. The van der Waals surface area contributed by atoms with Crippen molar-refractivity contribution in [3.05, 3.63) is 47.7 Å². The van der Waals surface area contributed by atoms with Gasteiger partial charge in [-0.2, -0.15) is 0 Å². The molecule has 0 aliphatic heterocycles. The lowest BCUT2D eigenvalue weighted by molar-refractivity contribution is 0.599. The first-order chi connectivity index (χ1) is 10.4. The number of aryl methyl sites for hydroxylation is 2. The topological polar surface area (TPSA) is 71.1 Å². The summed E-state index contributed by atoms with van der Waals surface area (Å²) in [7, 11) is -3.30. The molecule has 0 amide bonds. The summed E-state index contributed by atoms with van der Waals surface area (Å²) in [4.78, 5) is 4.15. The minimum Gasteiger partial charge on any atom is -0.354 e. The second-order valence-electron chi connectivity index (χ2n) is 5.24. The number of nitrogens with zero attached hydrogens (tertiary/aromatic N) is 1. The Bertz CT molecular complexity index is 720. The molecule has 5 nitrogen and oxygen atoms in total. The third-order valence-corrected chi connectivity index (χ3v) is 4.71. The molecule has 0 spiro atoms. The van der Waals surface area contributed by atoms with Crippen LogP contribution in [-0.4, -0.2) is 19.2 Å². The van der Waals surface area contributed by atoms with Crippen LogP contribution in [0.5, 0.6) is 0 Å². The highest BCUT2D eigenvalue weighted by atomic mass is 32.2. The van der Waals surface area contributed by atoms with Gasteiger partial charge in [-0.1, -0.05) is 25.1 Å². The standard InChI is InChI=1S/C16H21N3O2S/c1-4-10-22(20,21)19-15-9-8-14(11-17-15)18-16-12(2)6-5-7-13(16)3/h5-9,11,18H,4,10H2,1-3H3,(H,17,19).